The molecule has 0 aromatic rings. The lowest BCUT2D eigenvalue weighted by Crippen LogP contribution is -2.62. The molecule has 0 heterocycles. The summed E-state index contributed by atoms with van der Waals surface area (Å²) in [6.45, 7) is 3.49. The average Bonchev–Trinajstić information content (AvgIpc) is 3.03. The third-order valence-corrected chi connectivity index (χ3v) is 9.65. The normalized spacial score (nSPS) is 41.1. The summed E-state index contributed by atoms with van der Waals surface area (Å²) >= 11 is 0. The Balaban J connectivity index is 1.49. The molecule has 0 aromatic heterocycles. The molecule has 8 nitrogen and oxygen atoms in total. The molecule has 7 atom stereocenters. The molecule has 4 aliphatic carbocycles. The summed E-state index contributed by atoms with van der Waals surface area (Å²) in [6.07, 6.45) is 4.97. The molecule has 4 rings (SSSR count). The molecular formula is C26H36O8. The quantitative estimate of drug-likeness (QED) is 0.477. The number of hydrogen-bond acceptors (Lipinski definition) is 7. The van der Waals surface area contributed by atoms with Gasteiger partial charge in [0.2, 0.25) is 5.78 Å². The minimum atomic E-state index is -1.69. The van der Waals surface area contributed by atoms with E-state index in [-0.39, 0.29) is 61.1 Å². The highest BCUT2D eigenvalue weighted by Gasteiger charge is 2.68. The predicted octanol–water partition coefficient (Wildman–Crippen LogP) is 2.59. The number of aliphatic hydroxyl groups excluding tert-OH is 1. The van der Waals surface area contributed by atoms with E-state index in [0.717, 1.165) is 24.8 Å². The van der Waals surface area contributed by atoms with Gasteiger partial charge in [-0.25, -0.2) is 0 Å². The molecule has 188 valence electrons. The van der Waals surface area contributed by atoms with Crippen LogP contribution in [0.3, 0.4) is 0 Å². The highest BCUT2D eigenvalue weighted by Crippen LogP contribution is 2.67. The number of carboxylic acid groups (broad SMARTS) is 1. The van der Waals surface area contributed by atoms with Crippen LogP contribution >= 0.6 is 0 Å². The first-order valence-electron chi connectivity index (χ1n) is 12.5. The van der Waals surface area contributed by atoms with Gasteiger partial charge in [-0.3, -0.25) is 19.2 Å². The van der Waals surface area contributed by atoms with Crippen LogP contribution in [0.25, 0.3) is 0 Å². The maximum absolute atomic E-state index is 13.2. The van der Waals surface area contributed by atoms with Crippen LogP contribution in [0.15, 0.2) is 11.6 Å². The summed E-state index contributed by atoms with van der Waals surface area (Å²) in [6, 6.07) is 0. The first kappa shape index (κ1) is 25.0. The largest absolute Gasteiger partial charge is 0.481 e. The second kappa shape index (κ2) is 8.86. The van der Waals surface area contributed by atoms with Gasteiger partial charge >= 0.3 is 11.9 Å². The van der Waals surface area contributed by atoms with Crippen LogP contribution in [0.5, 0.6) is 0 Å². The van der Waals surface area contributed by atoms with E-state index < -0.39 is 41.4 Å². The van der Waals surface area contributed by atoms with E-state index in [2.05, 4.69) is 6.92 Å². The van der Waals surface area contributed by atoms with Gasteiger partial charge in [-0.1, -0.05) is 19.4 Å². The minimum absolute atomic E-state index is 0.0109. The Kier molecular flexibility index (Phi) is 6.53. The molecule has 0 bridgehead atoms. The highest BCUT2D eigenvalue weighted by molar-refractivity contribution is 5.92. The molecule has 0 amide bonds. The van der Waals surface area contributed by atoms with Crippen LogP contribution in [0, 0.1) is 28.6 Å². The molecule has 4 aliphatic rings. The summed E-state index contributed by atoms with van der Waals surface area (Å²) in [5, 5.41) is 31.7. The van der Waals surface area contributed by atoms with Crippen molar-refractivity contribution in [2.45, 2.75) is 89.8 Å². The highest BCUT2D eigenvalue weighted by atomic mass is 16.5. The molecule has 3 fully saturated rings. The van der Waals surface area contributed by atoms with Gasteiger partial charge in [0.15, 0.2) is 12.4 Å². The van der Waals surface area contributed by atoms with Crippen molar-refractivity contribution in [2.24, 2.45) is 28.6 Å². The van der Waals surface area contributed by atoms with E-state index in [1.54, 1.807) is 6.08 Å². The zero-order valence-electron chi connectivity index (χ0n) is 20.0. The van der Waals surface area contributed by atoms with Crippen LogP contribution in [-0.4, -0.2) is 57.1 Å². The van der Waals surface area contributed by atoms with E-state index in [1.165, 1.54) is 0 Å². The summed E-state index contributed by atoms with van der Waals surface area (Å²) in [5.41, 5.74) is -1.63. The Morgan fingerprint density at radius 2 is 1.85 bits per heavy atom. The Hall–Kier alpha value is -2.06. The van der Waals surface area contributed by atoms with Gasteiger partial charge in [0.25, 0.3) is 0 Å². The summed E-state index contributed by atoms with van der Waals surface area (Å²) in [7, 11) is 0. The number of ketones is 2. The van der Waals surface area contributed by atoms with Crippen molar-refractivity contribution in [3.63, 3.8) is 0 Å². The van der Waals surface area contributed by atoms with Crippen molar-refractivity contribution in [1.82, 2.24) is 0 Å². The van der Waals surface area contributed by atoms with Crippen molar-refractivity contribution in [3.8, 4) is 0 Å². The number of rotatable bonds is 7. The van der Waals surface area contributed by atoms with Crippen molar-refractivity contribution >= 4 is 23.5 Å². The fraction of sp³-hybridized carbons (Fsp3) is 0.769. The number of carbonyl (C=O) groups is 4. The molecule has 3 N–H and O–H groups in total. The first-order valence-corrected chi connectivity index (χ1v) is 12.5. The summed E-state index contributed by atoms with van der Waals surface area (Å²) in [5.74, 6) is -1.88. The fourth-order valence-corrected chi connectivity index (χ4v) is 7.87. The van der Waals surface area contributed by atoms with Crippen LogP contribution in [-0.2, 0) is 23.9 Å². The summed E-state index contributed by atoms with van der Waals surface area (Å²) < 4.78 is 5.07. The number of esters is 1. The van der Waals surface area contributed by atoms with Gasteiger partial charge in [0.1, 0.15) is 5.60 Å². The standard InChI is InChI=1S/C26H36O8/c1-24-10-8-16(27)12-15(24)6-7-17-18-9-11-26(33,25(18,2)13-19(28)23(17)24)20(29)14-34-22(32)5-3-4-21(30)31/h12,17-19,23,28,33H,3-11,13-14H2,1-2H3,(H,30,31)/t17-,18-,19-,23+,24-,25-,26-/m0/s1. The Bertz CT molecular complexity index is 924. The second-order valence-corrected chi connectivity index (χ2v) is 11.3. The minimum Gasteiger partial charge on any atom is -0.481 e. The smallest absolute Gasteiger partial charge is 0.306 e. The molecule has 0 spiro atoms. The number of Topliss-reactive ketones (excluding diaryl/α,β-unsaturated/α-hetero) is 1. The lowest BCUT2D eigenvalue weighted by atomic mass is 9.45. The van der Waals surface area contributed by atoms with Gasteiger partial charge < -0.3 is 20.1 Å². The van der Waals surface area contributed by atoms with Gasteiger partial charge in [-0.2, -0.15) is 0 Å². The van der Waals surface area contributed by atoms with E-state index in [0.29, 0.717) is 12.8 Å². The molecule has 34 heavy (non-hydrogen) atoms. The average molecular weight is 477 g/mol. The molecule has 0 aromatic carbocycles. The third-order valence-electron chi connectivity index (χ3n) is 9.65. The second-order valence-electron chi connectivity index (χ2n) is 11.3. The fourth-order valence-electron chi connectivity index (χ4n) is 7.87. The molecule has 0 radical (unpaired) electrons. The SMILES string of the molecule is C[C@]12CCC(=O)C=C1CC[C@@H]1[C@@H]2[C@@H](O)C[C@@]2(C)[C@H]1CC[C@]2(O)C(=O)COC(=O)CCCC(=O)O. The van der Waals surface area contributed by atoms with Gasteiger partial charge in [0.05, 0.1) is 6.10 Å². The van der Waals surface area contributed by atoms with E-state index in [1.807, 2.05) is 6.92 Å². The maximum Gasteiger partial charge on any atom is 0.306 e. The van der Waals surface area contributed by atoms with Crippen LogP contribution < -0.4 is 0 Å². The molecular weight excluding hydrogens is 440 g/mol. The number of carboxylic acids is 1. The third kappa shape index (κ3) is 3.92. The van der Waals surface area contributed by atoms with Gasteiger partial charge in [-0.15, -0.1) is 0 Å². The number of carbonyl (C=O) groups excluding carboxylic acids is 3. The molecule has 8 heteroatoms. The van der Waals surface area contributed by atoms with Crippen molar-refractivity contribution in [1.29, 1.82) is 0 Å². The van der Waals surface area contributed by atoms with Crippen molar-refractivity contribution < 1.29 is 39.2 Å². The predicted molar refractivity (Wildman–Crippen MR) is 121 cm³/mol. The van der Waals surface area contributed by atoms with Crippen LogP contribution in [0.1, 0.15) is 78.1 Å². The molecule has 0 unspecified atom stereocenters. The number of ether oxygens (including phenoxy) is 1. The Labute approximate surface area is 199 Å². The van der Waals surface area contributed by atoms with Crippen molar-refractivity contribution in [3.05, 3.63) is 11.6 Å². The maximum atomic E-state index is 13.2. The van der Waals surface area contributed by atoms with Crippen molar-refractivity contribution in [2.75, 3.05) is 6.61 Å². The number of aliphatic carboxylic acids is 1. The Morgan fingerprint density at radius 1 is 1.12 bits per heavy atom. The van der Waals surface area contributed by atoms with E-state index in [4.69, 9.17) is 9.84 Å². The Morgan fingerprint density at radius 3 is 2.56 bits per heavy atom. The lowest BCUT2D eigenvalue weighted by molar-refractivity contribution is -0.184. The number of hydrogen-bond donors (Lipinski definition) is 3. The van der Waals surface area contributed by atoms with E-state index in [9.17, 15) is 29.4 Å². The summed E-state index contributed by atoms with van der Waals surface area (Å²) in [4.78, 5) is 47.7. The van der Waals surface area contributed by atoms with Crippen LogP contribution in [0.4, 0.5) is 0 Å². The molecule has 3 saturated carbocycles. The van der Waals surface area contributed by atoms with Gasteiger partial charge in [0, 0.05) is 24.7 Å². The molecule has 0 aliphatic heterocycles. The topological polar surface area (TPSA) is 138 Å². The van der Waals surface area contributed by atoms with E-state index >= 15 is 0 Å². The zero-order valence-corrected chi connectivity index (χ0v) is 20.0. The lowest BCUT2D eigenvalue weighted by Gasteiger charge is -2.60. The number of fused-ring (bicyclic) bond motifs is 5. The monoisotopic (exact) mass is 476 g/mol. The van der Waals surface area contributed by atoms with Crippen LogP contribution in [0.2, 0.25) is 0 Å². The first-order chi connectivity index (χ1) is 15.9. The zero-order chi connectivity index (χ0) is 24.9. The number of aliphatic hydroxyl groups is 2. The molecule has 0 saturated heterocycles. The van der Waals surface area contributed by atoms with Gasteiger partial charge in [-0.05, 0) is 74.2 Å². The number of allylic oxidation sites excluding steroid dienone is 1.